The molecule has 10 heteroatoms. The van der Waals surface area contributed by atoms with Crippen LogP contribution in [-0.4, -0.2) is 71.5 Å². The van der Waals surface area contributed by atoms with Gasteiger partial charge in [-0.1, -0.05) is 30.3 Å². The number of benzene rings is 1. The lowest BCUT2D eigenvalue weighted by atomic mass is 10.1. The number of carbonyl (C=O) groups excluding carboxylic acids is 3. The van der Waals surface area contributed by atoms with Crippen LogP contribution in [0.3, 0.4) is 0 Å². The molecule has 1 aromatic rings. The molecule has 1 aliphatic heterocycles. The highest BCUT2D eigenvalue weighted by Crippen LogP contribution is 2.18. The van der Waals surface area contributed by atoms with Crippen LogP contribution in [0.5, 0.6) is 0 Å². The van der Waals surface area contributed by atoms with E-state index < -0.39 is 41.8 Å². The van der Waals surface area contributed by atoms with Gasteiger partial charge in [0.15, 0.2) is 0 Å². The molecule has 0 bridgehead atoms. The molecule has 0 aliphatic carbocycles. The summed E-state index contributed by atoms with van der Waals surface area (Å²) in [5, 5.41) is 14.4. The number of nitrogens with zero attached hydrogens (tertiary/aromatic N) is 1. The largest absolute Gasteiger partial charge is 0.480 e. The Morgan fingerprint density at radius 1 is 1.16 bits per heavy atom. The molecule has 1 saturated heterocycles. The third-order valence-electron chi connectivity index (χ3n) is 5.49. The van der Waals surface area contributed by atoms with Crippen molar-refractivity contribution in [3.8, 4) is 0 Å². The summed E-state index contributed by atoms with van der Waals surface area (Å²) in [6.07, 6.45) is 2.92. The number of hydrogen-bond acceptors (Lipinski definition) is 6. The first kappa shape index (κ1) is 25.3. The zero-order valence-corrected chi connectivity index (χ0v) is 18.2. The van der Waals surface area contributed by atoms with Crippen LogP contribution in [0.2, 0.25) is 0 Å². The van der Waals surface area contributed by atoms with E-state index in [1.807, 2.05) is 30.3 Å². The van der Waals surface area contributed by atoms with Crippen molar-refractivity contribution in [3.63, 3.8) is 0 Å². The van der Waals surface area contributed by atoms with Crippen molar-refractivity contribution in [3.05, 3.63) is 35.9 Å². The van der Waals surface area contributed by atoms with Gasteiger partial charge in [-0.05, 0) is 50.6 Å². The molecule has 0 spiro atoms. The summed E-state index contributed by atoms with van der Waals surface area (Å²) in [5.74, 6) is -2.47. The first-order chi connectivity index (χ1) is 15.3. The van der Waals surface area contributed by atoms with Gasteiger partial charge in [-0.25, -0.2) is 4.79 Å². The van der Waals surface area contributed by atoms with Gasteiger partial charge < -0.3 is 32.1 Å². The molecule has 1 aliphatic rings. The van der Waals surface area contributed by atoms with E-state index in [4.69, 9.17) is 11.5 Å². The summed E-state index contributed by atoms with van der Waals surface area (Å²) in [6, 6.07) is 6.74. The number of aliphatic carboxylic acids is 1. The minimum absolute atomic E-state index is 0.272. The summed E-state index contributed by atoms with van der Waals surface area (Å²) in [4.78, 5) is 50.4. The van der Waals surface area contributed by atoms with Gasteiger partial charge in [0.05, 0.1) is 12.6 Å². The van der Waals surface area contributed by atoms with Crippen LogP contribution in [-0.2, 0) is 25.6 Å². The second-order valence-electron chi connectivity index (χ2n) is 7.94. The summed E-state index contributed by atoms with van der Waals surface area (Å²) in [6.45, 7) is 0.545. The lowest BCUT2D eigenvalue weighted by Gasteiger charge is -2.26. The Bertz CT molecular complexity index is 788. The van der Waals surface area contributed by atoms with Crippen molar-refractivity contribution in [1.82, 2.24) is 15.5 Å². The van der Waals surface area contributed by atoms with Crippen molar-refractivity contribution in [2.45, 2.75) is 56.7 Å². The van der Waals surface area contributed by atoms with Crippen molar-refractivity contribution in [1.29, 1.82) is 0 Å². The van der Waals surface area contributed by atoms with E-state index in [9.17, 15) is 24.3 Å². The standard InChI is InChI=1S/C22H33N5O5/c23-11-5-4-9-17(22(31)32)26-21(30)18-10-6-12-27(18)19(28)14-25-20(29)16(24)13-15-7-2-1-3-8-15/h1-3,7-8,16-18H,4-6,9-14,23-24H2,(H,25,29)(H,26,30)(H,31,32). The highest BCUT2D eigenvalue weighted by molar-refractivity contribution is 5.93. The van der Waals surface area contributed by atoms with Crippen LogP contribution >= 0.6 is 0 Å². The van der Waals surface area contributed by atoms with E-state index in [1.54, 1.807) is 0 Å². The van der Waals surface area contributed by atoms with E-state index in [2.05, 4.69) is 10.6 Å². The number of nitrogens with one attached hydrogen (secondary N) is 2. The maximum atomic E-state index is 12.7. The quantitative estimate of drug-likeness (QED) is 0.266. The highest BCUT2D eigenvalue weighted by Gasteiger charge is 2.35. The Hall–Kier alpha value is -2.98. The molecule has 0 radical (unpaired) electrons. The number of carbonyl (C=O) groups is 4. The zero-order valence-electron chi connectivity index (χ0n) is 18.2. The fourth-order valence-corrected chi connectivity index (χ4v) is 3.71. The van der Waals surface area contributed by atoms with Gasteiger partial charge >= 0.3 is 5.97 Å². The van der Waals surface area contributed by atoms with Crippen LogP contribution in [0.4, 0.5) is 0 Å². The maximum absolute atomic E-state index is 12.7. The number of amides is 3. The Labute approximate surface area is 187 Å². The Kier molecular flexibility index (Phi) is 10.1. The minimum atomic E-state index is -1.12. The molecule has 1 aromatic carbocycles. The Balaban J connectivity index is 1.85. The predicted molar refractivity (Wildman–Crippen MR) is 118 cm³/mol. The topological polar surface area (TPSA) is 168 Å². The number of carboxylic acids is 1. The van der Waals surface area contributed by atoms with Crippen LogP contribution in [0.25, 0.3) is 0 Å². The van der Waals surface area contributed by atoms with Crippen molar-refractivity contribution < 1.29 is 24.3 Å². The first-order valence-electron chi connectivity index (χ1n) is 10.9. The van der Waals surface area contributed by atoms with Gasteiger partial charge in [0.2, 0.25) is 17.7 Å². The second-order valence-corrected chi connectivity index (χ2v) is 7.94. The number of hydrogen-bond donors (Lipinski definition) is 5. The van der Waals surface area contributed by atoms with E-state index in [-0.39, 0.29) is 13.0 Å². The molecule has 0 saturated carbocycles. The number of carboxylic acid groups (broad SMARTS) is 1. The molecule has 3 amide bonds. The van der Waals surface area contributed by atoms with Gasteiger partial charge in [0.25, 0.3) is 0 Å². The Morgan fingerprint density at radius 3 is 2.53 bits per heavy atom. The van der Waals surface area contributed by atoms with Crippen molar-refractivity contribution in [2.24, 2.45) is 11.5 Å². The lowest BCUT2D eigenvalue weighted by Crippen LogP contribution is -2.53. The average Bonchev–Trinajstić information content (AvgIpc) is 3.27. The van der Waals surface area contributed by atoms with E-state index in [0.29, 0.717) is 45.2 Å². The maximum Gasteiger partial charge on any atom is 0.326 e. The fourth-order valence-electron chi connectivity index (χ4n) is 3.71. The molecule has 10 nitrogen and oxygen atoms in total. The SMILES string of the molecule is NCCCCC(NC(=O)C1CCCN1C(=O)CNC(=O)C(N)Cc1ccccc1)C(=O)O. The molecule has 3 atom stereocenters. The molecule has 1 heterocycles. The smallest absolute Gasteiger partial charge is 0.326 e. The first-order valence-corrected chi connectivity index (χ1v) is 10.9. The molecule has 176 valence electrons. The number of nitrogens with two attached hydrogens (primary N) is 2. The summed E-state index contributed by atoms with van der Waals surface area (Å²) < 4.78 is 0. The molecule has 0 aromatic heterocycles. The van der Waals surface area contributed by atoms with Gasteiger partial charge in [-0.15, -0.1) is 0 Å². The van der Waals surface area contributed by atoms with E-state index in [1.165, 1.54) is 4.90 Å². The molecule has 2 rings (SSSR count). The normalized spacial score (nSPS) is 17.4. The van der Waals surface area contributed by atoms with Gasteiger partial charge in [0, 0.05) is 6.54 Å². The van der Waals surface area contributed by atoms with Crippen LogP contribution in [0, 0.1) is 0 Å². The van der Waals surface area contributed by atoms with Crippen LogP contribution in [0.15, 0.2) is 30.3 Å². The van der Waals surface area contributed by atoms with Crippen LogP contribution in [0.1, 0.15) is 37.7 Å². The second kappa shape index (κ2) is 12.8. The third kappa shape index (κ3) is 7.61. The fraction of sp³-hybridized carbons (Fsp3) is 0.545. The average molecular weight is 448 g/mol. The number of unbranched alkanes of at least 4 members (excludes halogenated alkanes) is 1. The number of rotatable bonds is 12. The number of likely N-dealkylation sites (tertiary alicyclic amines) is 1. The van der Waals surface area contributed by atoms with E-state index >= 15 is 0 Å². The molecular weight excluding hydrogens is 414 g/mol. The molecule has 32 heavy (non-hydrogen) atoms. The van der Waals surface area contributed by atoms with Gasteiger partial charge in [0.1, 0.15) is 12.1 Å². The minimum Gasteiger partial charge on any atom is -0.480 e. The Morgan fingerprint density at radius 2 is 1.88 bits per heavy atom. The molecule has 7 N–H and O–H groups in total. The summed E-state index contributed by atoms with van der Waals surface area (Å²) >= 11 is 0. The van der Waals surface area contributed by atoms with E-state index in [0.717, 1.165) is 5.56 Å². The van der Waals surface area contributed by atoms with Gasteiger partial charge in [-0.3, -0.25) is 14.4 Å². The predicted octanol–water partition coefficient (Wildman–Crippen LogP) is -0.638. The lowest BCUT2D eigenvalue weighted by molar-refractivity contribution is -0.144. The summed E-state index contributed by atoms with van der Waals surface area (Å²) in [7, 11) is 0. The van der Waals surface area contributed by atoms with Crippen LogP contribution < -0.4 is 22.1 Å². The zero-order chi connectivity index (χ0) is 23.5. The monoisotopic (exact) mass is 447 g/mol. The molecular formula is C22H33N5O5. The van der Waals surface area contributed by atoms with Gasteiger partial charge in [-0.2, -0.15) is 0 Å². The molecule has 1 fully saturated rings. The summed E-state index contributed by atoms with van der Waals surface area (Å²) in [5.41, 5.74) is 12.3. The highest BCUT2D eigenvalue weighted by atomic mass is 16.4. The van der Waals surface area contributed by atoms with Crippen molar-refractivity contribution in [2.75, 3.05) is 19.6 Å². The molecule has 3 unspecified atom stereocenters. The van der Waals surface area contributed by atoms with Crippen molar-refractivity contribution >= 4 is 23.7 Å². The third-order valence-corrected chi connectivity index (χ3v) is 5.49.